The molecule has 1 atom stereocenters. The summed E-state index contributed by atoms with van der Waals surface area (Å²) in [6, 6.07) is 5.77. The van der Waals surface area contributed by atoms with Crippen molar-refractivity contribution >= 4 is 0 Å². The standard InChI is InChI=1S/C13H16F2N2O/c1-3-7-17-13(2,8-16)9-18-11-6-4-5-10(14)12(11)15/h4-6,17H,3,7,9H2,1-2H3. The number of hydrogen-bond donors (Lipinski definition) is 1. The number of rotatable bonds is 6. The van der Waals surface area contributed by atoms with Crippen molar-refractivity contribution in [2.45, 2.75) is 25.8 Å². The van der Waals surface area contributed by atoms with Crippen LogP contribution in [0.1, 0.15) is 20.3 Å². The van der Waals surface area contributed by atoms with Crippen LogP contribution in [0.15, 0.2) is 18.2 Å². The number of ether oxygens (including phenoxy) is 1. The summed E-state index contributed by atoms with van der Waals surface area (Å²) in [6.45, 7) is 4.22. The van der Waals surface area contributed by atoms with E-state index in [-0.39, 0.29) is 12.4 Å². The lowest BCUT2D eigenvalue weighted by Crippen LogP contribution is -2.46. The van der Waals surface area contributed by atoms with Crippen LogP contribution in [0.25, 0.3) is 0 Å². The number of nitrogens with zero attached hydrogens (tertiary/aromatic N) is 1. The molecule has 1 rings (SSSR count). The van der Waals surface area contributed by atoms with E-state index in [2.05, 4.69) is 11.4 Å². The van der Waals surface area contributed by atoms with Crippen molar-refractivity contribution in [2.75, 3.05) is 13.2 Å². The van der Waals surface area contributed by atoms with Gasteiger partial charge in [-0.1, -0.05) is 13.0 Å². The predicted molar refractivity (Wildman–Crippen MR) is 64.2 cm³/mol. The lowest BCUT2D eigenvalue weighted by Gasteiger charge is -2.23. The molecule has 0 radical (unpaired) electrons. The second-order valence-electron chi connectivity index (χ2n) is 4.21. The first kappa shape index (κ1) is 14.4. The van der Waals surface area contributed by atoms with E-state index in [1.165, 1.54) is 12.1 Å². The molecule has 0 fully saturated rings. The highest BCUT2D eigenvalue weighted by atomic mass is 19.2. The van der Waals surface area contributed by atoms with Gasteiger partial charge in [0.1, 0.15) is 12.1 Å². The molecule has 1 unspecified atom stereocenters. The molecule has 1 aromatic rings. The monoisotopic (exact) mass is 254 g/mol. The van der Waals surface area contributed by atoms with Gasteiger partial charge in [0.05, 0.1) is 6.07 Å². The second kappa shape index (κ2) is 6.31. The molecule has 0 aliphatic rings. The van der Waals surface area contributed by atoms with E-state index >= 15 is 0 Å². The molecule has 18 heavy (non-hydrogen) atoms. The molecule has 98 valence electrons. The molecule has 1 aromatic carbocycles. The molecule has 0 bridgehead atoms. The highest BCUT2D eigenvalue weighted by Gasteiger charge is 2.24. The predicted octanol–water partition coefficient (Wildman–Crippen LogP) is 2.63. The molecule has 0 heterocycles. The normalized spacial score (nSPS) is 13.7. The van der Waals surface area contributed by atoms with Crippen molar-refractivity contribution in [1.29, 1.82) is 5.26 Å². The van der Waals surface area contributed by atoms with Gasteiger partial charge >= 0.3 is 0 Å². The summed E-state index contributed by atoms with van der Waals surface area (Å²) in [4.78, 5) is 0. The van der Waals surface area contributed by atoms with Crippen molar-refractivity contribution in [3.63, 3.8) is 0 Å². The maximum atomic E-state index is 13.3. The Morgan fingerprint density at radius 3 is 2.78 bits per heavy atom. The maximum Gasteiger partial charge on any atom is 0.200 e. The Bertz CT molecular complexity index is 445. The van der Waals surface area contributed by atoms with Crippen LogP contribution < -0.4 is 10.1 Å². The van der Waals surface area contributed by atoms with E-state index in [1.54, 1.807) is 6.92 Å². The van der Waals surface area contributed by atoms with Crippen LogP contribution >= 0.6 is 0 Å². The Balaban J connectivity index is 2.68. The van der Waals surface area contributed by atoms with E-state index in [0.29, 0.717) is 6.54 Å². The molecule has 1 N–H and O–H groups in total. The Hall–Kier alpha value is -1.67. The molecule has 5 heteroatoms. The smallest absolute Gasteiger partial charge is 0.200 e. The van der Waals surface area contributed by atoms with Gasteiger partial charge < -0.3 is 4.74 Å². The Kier molecular flexibility index (Phi) is 5.05. The first-order chi connectivity index (χ1) is 8.52. The summed E-state index contributed by atoms with van der Waals surface area (Å²) < 4.78 is 31.4. The minimum absolute atomic E-state index is 0.0517. The molecule has 3 nitrogen and oxygen atoms in total. The van der Waals surface area contributed by atoms with Crippen molar-refractivity contribution in [3.05, 3.63) is 29.8 Å². The Morgan fingerprint density at radius 1 is 1.44 bits per heavy atom. The van der Waals surface area contributed by atoms with Gasteiger partial charge in [0.2, 0.25) is 5.82 Å². The largest absolute Gasteiger partial charge is 0.487 e. The van der Waals surface area contributed by atoms with Crippen molar-refractivity contribution in [1.82, 2.24) is 5.32 Å². The van der Waals surface area contributed by atoms with E-state index in [4.69, 9.17) is 10.00 Å². The van der Waals surface area contributed by atoms with Crippen molar-refractivity contribution in [2.24, 2.45) is 0 Å². The van der Waals surface area contributed by atoms with Gasteiger partial charge in [-0.15, -0.1) is 0 Å². The average Bonchev–Trinajstić information content (AvgIpc) is 2.38. The van der Waals surface area contributed by atoms with Crippen LogP contribution in [0.2, 0.25) is 0 Å². The average molecular weight is 254 g/mol. The molecule has 0 amide bonds. The summed E-state index contributed by atoms with van der Waals surface area (Å²) in [6.07, 6.45) is 0.867. The van der Waals surface area contributed by atoms with Gasteiger partial charge in [-0.2, -0.15) is 9.65 Å². The van der Waals surface area contributed by atoms with Gasteiger partial charge in [0.25, 0.3) is 0 Å². The zero-order chi connectivity index (χ0) is 13.6. The number of halogens is 2. The second-order valence-corrected chi connectivity index (χ2v) is 4.21. The van der Waals surface area contributed by atoms with Gasteiger partial charge in [-0.05, 0) is 32.0 Å². The zero-order valence-corrected chi connectivity index (χ0v) is 10.5. The minimum Gasteiger partial charge on any atom is -0.487 e. The SMILES string of the molecule is CCCNC(C)(C#N)COc1cccc(F)c1F. The zero-order valence-electron chi connectivity index (χ0n) is 10.5. The lowest BCUT2D eigenvalue weighted by molar-refractivity contribution is 0.223. The summed E-state index contributed by atoms with van der Waals surface area (Å²) >= 11 is 0. The molecule has 0 aliphatic carbocycles. The van der Waals surface area contributed by atoms with Gasteiger partial charge in [0.15, 0.2) is 11.6 Å². The number of nitriles is 1. The van der Waals surface area contributed by atoms with Gasteiger partial charge in [0, 0.05) is 0 Å². The van der Waals surface area contributed by atoms with Crippen LogP contribution in [-0.4, -0.2) is 18.7 Å². The Morgan fingerprint density at radius 2 is 2.17 bits per heavy atom. The van der Waals surface area contributed by atoms with E-state index in [9.17, 15) is 8.78 Å². The number of hydrogen-bond acceptors (Lipinski definition) is 3. The van der Waals surface area contributed by atoms with Crippen LogP contribution in [0, 0.1) is 23.0 Å². The molecule has 0 saturated carbocycles. The molecule has 0 saturated heterocycles. The topological polar surface area (TPSA) is 45.0 Å². The quantitative estimate of drug-likeness (QED) is 0.848. The summed E-state index contributed by atoms with van der Waals surface area (Å²) in [5.41, 5.74) is -0.922. The first-order valence-electron chi connectivity index (χ1n) is 5.75. The Labute approximate surface area is 105 Å². The lowest BCUT2D eigenvalue weighted by atomic mass is 10.1. The van der Waals surface area contributed by atoms with Gasteiger partial charge in [-0.3, -0.25) is 5.32 Å². The fourth-order valence-electron chi connectivity index (χ4n) is 1.34. The third-order valence-corrected chi connectivity index (χ3v) is 2.44. The van der Waals surface area contributed by atoms with E-state index in [1.807, 2.05) is 6.92 Å². The van der Waals surface area contributed by atoms with E-state index in [0.717, 1.165) is 12.5 Å². The van der Waals surface area contributed by atoms with Gasteiger partial charge in [-0.25, -0.2) is 4.39 Å². The third kappa shape index (κ3) is 3.67. The van der Waals surface area contributed by atoms with Crippen LogP contribution in [-0.2, 0) is 0 Å². The number of benzene rings is 1. The molecular formula is C13H16F2N2O. The summed E-state index contributed by atoms with van der Waals surface area (Å²) in [5.74, 6) is -2.18. The van der Waals surface area contributed by atoms with Crippen molar-refractivity contribution < 1.29 is 13.5 Å². The summed E-state index contributed by atoms with van der Waals surface area (Å²) in [5, 5.41) is 12.1. The summed E-state index contributed by atoms with van der Waals surface area (Å²) in [7, 11) is 0. The van der Waals surface area contributed by atoms with Crippen molar-refractivity contribution in [3.8, 4) is 11.8 Å². The highest BCUT2D eigenvalue weighted by molar-refractivity contribution is 5.25. The highest BCUT2D eigenvalue weighted by Crippen LogP contribution is 2.20. The van der Waals surface area contributed by atoms with Crippen LogP contribution in [0.5, 0.6) is 5.75 Å². The van der Waals surface area contributed by atoms with E-state index < -0.39 is 17.2 Å². The van der Waals surface area contributed by atoms with Crippen LogP contribution in [0.4, 0.5) is 8.78 Å². The maximum absolute atomic E-state index is 13.3. The fourth-order valence-corrected chi connectivity index (χ4v) is 1.34. The third-order valence-electron chi connectivity index (χ3n) is 2.44. The molecule has 0 aliphatic heterocycles. The molecule has 0 spiro atoms. The first-order valence-corrected chi connectivity index (χ1v) is 5.75. The molecule has 0 aromatic heterocycles. The fraction of sp³-hybridized carbons (Fsp3) is 0.462. The number of nitrogens with one attached hydrogen (secondary N) is 1. The minimum atomic E-state index is -1.03. The van der Waals surface area contributed by atoms with Crippen LogP contribution in [0.3, 0.4) is 0 Å². The molecular weight excluding hydrogens is 238 g/mol.